The molecule has 0 aliphatic carbocycles. The SMILES string of the molecule is C[C@@H](OS(C)(=O)=O)[C@@H]1CCCN(C(=O)OC(C)(C)C)C1. The lowest BCUT2D eigenvalue weighted by atomic mass is 9.94. The van der Waals surface area contributed by atoms with Crippen LogP contribution >= 0.6 is 0 Å². The molecule has 0 aromatic rings. The van der Waals surface area contributed by atoms with E-state index in [1.165, 1.54) is 0 Å². The predicted molar refractivity (Wildman–Crippen MR) is 75.9 cm³/mol. The summed E-state index contributed by atoms with van der Waals surface area (Å²) in [4.78, 5) is 13.6. The van der Waals surface area contributed by atoms with E-state index >= 15 is 0 Å². The van der Waals surface area contributed by atoms with Crippen LogP contribution in [0.1, 0.15) is 40.5 Å². The smallest absolute Gasteiger partial charge is 0.410 e. The quantitative estimate of drug-likeness (QED) is 0.746. The van der Waals surface area contributed by atoms with Crippen molar-refractivity contribution in [2.75, 3.05) is 19.3 Å². The van der Waals surface area contributed by atoms with Crippen molar-refractivity contribution in [2.45, 2.75) is 52.2 Å². The van der Waals surface area contributed by atoms with Gasteiger partial charge in [0.15, 0.2) is 0 Å². The first-order chi connectivity index (χ1) is 8.98. The van der Waals surface area contributed by atoms with Crippen LogP contribution in [-0.2, 0) is 19.0 Å². The van der Waals surface area contributed by atoms with Crippen molar-refractivity contribution in [3.63, 3.8) is 0 Å². The summed E-state index contributed by atoms with van der Waals surface area (Å²) in [5, 5.41) is 0. The van der Waals surface area contributed by atoms with Gasteiger partial charge in [-0.3, -0.25) is 4.18 Å². The Bertz CT molecular complexity index is 440. The minimum atomic E-state index is -3.47. The van der Waals surface area contributed by atoms with Crippen molar-refractivity contribution in [1.29, 1.82) is 0 Å². The molecule has 0 N–H and O–H groups in total. The predicted octanol–water partition coefficient (Wildman–Crippen LogP) is 2.00. The number of amides is 1. The van der Waals surface area contributed by atoms with Gasteiger partial charge in [-0.05, 0) is 40.5 Å². The summed E-state index contributed by atoms with van der Waals surface area (Å²) in [5.74, 6) is 0.00555. The number of hydrogen-bond donors (Lipinski definition) is 0. The van der Waals surface area contributed by atoms with Gasteiger partial charge in [-0.1, -0.05) is 0 Å². The number of likely N-dealkylation sites (tertiary alicyclic amines) is 1. The fraction of sp³-hybridized carbons (Fsp3) is 0.923. The highest BCUT2D eigenvalue weighted by atomic mass is 32.2. The van der Waals surface area contributed by atoms with Crippen molar-refractivity contribution in [1.82, 2.24) is 4.90 Å². The lowest BCUT2D eigenvalue weighted by molar-refractivity contribution is 0.00874. The summed E-state index contributed by atoms with van der Waals surface area (Å²) in [6.45, 7) is 8.29. The molecule has 1 aliphatic heterocycles. The second kappa shape index (κ2) is 6.30. The largest absolute Gasteiger partial charge is 0.444 e. The molecule has 1 amide bonds. The number of piperidine rings is 1. The second-order valence-corrected chi connectivity index (χ2v) is 7.93. The zero-order chi connectivity index (χ0) is 15.6. The van der Waals surface area contributed by atoms with E-state index in [-0.39, 0.29) is 12.0 Å². The summed E-state index contributed by atoms with van der Waals surface area (Å²) < 4.78 is 32.7. The van der Waals surface area contributed by atoms with Gasteiger partial charge in [0.25, 0.3) is 10.1 Å². The van der Waals surface area contributed by atoms with Gasteiger partial charge in [0.2, 0.25) is 0 Å². The van der Waals surface area contributed by atoms with Crippen LogP contribution in [0.2, 0.25) is 0 Å². The van der Waals surface area contributed by atoms with Gasteiger partial charge in [0.1, 0.15) is 5.60 Å². The van der Waals surface area contributed by atoms with Crippen LogP contribution < -0.4 is 0 Å². The Morgan fingerprint density at radius 3 is 2.45 bits per heavy atom. The lowest BCUT2D eigenvalue weighted by Gasteiger charge is -2.36. The number of carbonyl (C=O) groups is 1. The number of rotatable bonds is 3. The zero-order valence-electron chi connectivity index (χ0n) is 12.9. The maximum atomic E-state index is 12.0. The molecule has 1 saturated heterocycles. The zero-order valence-corrected chi connectivity index (χ0v) is 13.7. The minimum absolute atomic E-state index is 0.00555. The average Bonchev–Trinajstić information content (AvgIpc) is 2.24. The Balaban J connectivity index is 2.60. The molecule has 20 heavy (non-hydrogen) atoms. The van der Waals surface area contributed by atoms with Gasteiger partial charge in [-0.25, -0.2) is 4.79 Å². The Morgan fingerprint density at radius 2 is 1.95 bits per heavy atom. The third-order valence-corrected chi connectivity index (χ3v) is 3.75. The van der Waals surface area contributed by atoms with Crippen molar-refractivity contribution < 1.29 is 22.1 Å². The third-order valence-electron chi connectivity index (χ3n) is 3.10. The van der Waals surface area contributed by atoms with Gasteiger partial charge >= 0.3 is 6.09 Å². The topological polar surface area (TPSA) is 72.9 Å². The molecule has 1 heterocycles. The monoisotopic (exact) mass is 307 g/mol. The first-order valence-electron chi connectivity index (χ1n) is 6.84. The molecule has 6 nitrogen and oxygen atoms in total. The van der Waals surface area contributed by atoms with E-state index in [9.17, 15) is 13.2 Å². The van der Waals surface area contributed by atoms with Crippen LogP contribution in [0.4, 0.5) is 4.79 Å². The highest BCUT2D eigenvalue weighted by Gasteiger charge is 2.31. The maximum Gasteiger partial charge on any atom is 0.410 e. The Kier molecular flexibility index (Phi) is 5.43. The van der Waals surface area contributed by atoms with E-state index in [1.807, 2.05) is 20.8 Å². The highest BCUT2D eigenvalue weighted by Crippen LogP contribution is 2.24. The van der Waals surface area contributed by atoms with E-state index in [1.54, 1.807) is 11.8 Å². The van der Waals surface area contributed by atoms with Gasteiger partial charge in [-0.2, -0.15) is 8.42 Å². The van der Waals surface area contributed by atoms with Crippen LogP contribution in [-0.4, -0.2) is 50.5 Å². The summed E-state index contributed by atoms with van der Waals surface area (Å²) in [6.07, 6.45) is 1.92. The van der Waals surface area contributed by atoms with E-state index in [4.69, 9.17) is 8.92 Å². The molecule has 1 rings (SSSR count). The van der Waals surface area contributed by atoms with Crippen molar-refractivity contribution in [3.05, 3.63) is 0 Å². The molecule has 2 atom stereocenters. The molecular formula is C13H25NO5S. The highest BCUT2D eigenvalue weighted by molar-refractivity contribution is 7.86. The molecule has 0 unspecified atom stereocenters. The van der Waals surface area contributed by atoms with Crippen molar-refractivity contribution in [3.8, 4) is 0 Å². The summed E-state index contributed by atoms with van der Waals surface area (Å²) in [6, 6.07) is 0. The van der Waals surface area contributed by atoms with E-state index in [0.29, 0.717) is 13.1 Å². The van der Waals surface area contributed by atoms with Crippen LogP contribution in [0, 0.1) is 5.92 Å². The number of nitrogens with zero attached hydrogens (tertiary/aromatic N) is 1. The van der Waals surface area contributed by atoms with Gasteiger partial charge < -0.3 is 9.64 Å². The molecule has 0 bridgehead atoms. The fourth-order valence-corrected chi connectivity index (χ4v) is 2.95. The minimum Gasteiger partial charge on any atom is -0.444 e. The first-order valence-corrected chi connectivity index (χ1v) is 8.66. The molecule has 1 aliphatic rings. The van der Waals surface area contributed by atoms with Crippen molar-refractivity contribution >= 4 is 16.2 Å². The third kappa shape index (κ3) is 6.09. The normalized spacial score (nSPS) is 22.4. The molecule has 0 saturated carbocycles. The Morgan fingerprint density at radius 1 is 1.35 bits per heavy atom. The van der Waals surface area contributed by atoms with Crippen molar-refractivity contribution in [2.24, 2.45) is 5.92 Å². The standard InChI is InChI=1S/C13H25NO5S/c1-10(19-20(5,16)17)11-7-6-8-14(9-11)12(15)18-13(2,3)4/h10-11H,6-9H2,1-5H3/t10-,11-/m1/s1. The Labute approximate surface area is 121 Å². The van der Waals surface area contributed by atoms with E-state index in [0.717, 1.165) is 19.1 Å². The van der Waals surface area contributed by atoms with Gasteiger partial charge in [0.05, 0.1) is 12.4 Å². The van der Waals surface area contributed by atoms with E-state index in [2.05, 4.69) is 0 Å². The van der Waals surface area contributed by atoms with Crippen LogP contribution in [0.15, 0.2) is 0 Å². The maximum absolute atomic E-state index is 12.0. The van der Waals surface area contributed by atoms with Crippen LogP contribution in [0.25, 0.3) is 0 Å². The van der Waals surface area contributed by atoms with Gasteiger partial charge in [-0.15, -0.1) is 0 Å². The molecule has 0 radical (unpaired) electrons. The molecule has 118 valence electrons. The molecule has 1 fully saturated rings. The van der Waals surface area contributed by atoms with Gasteiger partial charge in [0, 0.05) is 19.0 Å². The van der Waals surface area contributed by atoms with Crippen LogP contribution in [0.5, 0.6) is 0 Å². The second-order valence-electron chi connectivity index (χ2n) is 6.33. The number of carbonyl (C=O) groups excluding carboxylic acids is 1. The van der Waals surface area contributed by atoms with E-state index < -0.39 is 21.8 Å². The molecule has 0 spiro atoms. The molecule has 7 heteroatoms. The summed E-state index contributed by atoms with van der Waals surface area (Å²) >= 11 is 0. The first kappa shape index (κ1) is 17.2. The molecule has 0 aromatic heterocycles. The Hall–Kier alpha value is -0.820. The molecule has 0 aromatic carbocycles. The summed E-state index contributed by atoms with van der Waals surface area (Å²) in [7, 11) is -3.47. The number of hydrogen-bond acceptors (Lipinski definition) is 5. The van der Waals surface area contributed by atoms with Crippen LogP contribution in [0.3, 0.4) is 0 Å². The lowest BCUT2D eigenvalue weighted by Crippen LogP contribution is -2.45. The number of ether oxygens (including phenoxy) is 1. The molecular weight excluding hydrogens is 282 g/mol. The summed E-state index contributed by atoms with van der Waals surface area (Å²) in [5.41, 5.74) is -0.529. The fourth-order valence-electron chi connectivity index (χ4n) is 2.24. The average molecular weight is 307 g/mol.